The van der Waals surface area contributed by atoms with Crippen molar-refractivity contribution in [2.75, 3.05) is 13.2 Å². The van der Waals surface area contributed by atoms with E-state index in [-0.39, 0.29) is 6.61 Å². The van der Waals surface area contributed by atoms with Gasteiger partial charge in [-0.2, -0.15) is 5.90 Å². The topological polar surface area (TPSA) is 61.5 Å². The third kappa shape index (κ3) is 5.26. The number of ether oxygens (including phenoxy) is 1. The van der Waals surface area contributed by atoms with Crippen molar-refractivity contribution in [1.82, 2.24) is 0 Å². The fraction of sp³-hybridized carbons (Fsp3) is 0.800. The van der Waals surface area contributed by atoms with Crippen LogP contribution in [0.1, 0.15) is 13.3 Å². The third-order valence-corrected chi connectivity index (χ3v) is 0.700. The Bertz CT molecular complexity index is 84.3. The molecule has 0 aromatic carbocycles. The molecule has 4 nitrogen and oxygen atoms in total. The summed E-state index contributed by atoms with van der Waals surface area (Å²) in [6.07, 6.45) is 0.887. The van der Waals surface area contributed by atoms with Crippen molar-refractivity contribution in [2.45, 2.75) is 13.3 Å². The van der Waals surface area contributed by atoms with E-state index in [2.05, 4.69) is 10.7 Å². The van der Waals surface area contributed by atoms with Gasteiger partial charge in [0.2, 0.25) is 0 Å². The van der Waals surface area contributed by atoms with Crippen molar-refractivity contribution in [3.8, 4) is 0 Å². The minimum atomic E-state index is -0.538. The second-order valence-electron chi connectivity index (χ2n) is 1.54. The van der Waals surface area contributed by atoms with E-state index in [0.717, 1.165) is 6.42 Å². The lowest BCUT2D eigenvalue weighted by molar-refractivity contribution is -0.149. The van der Waals surface area contributed by atoms with Crippen LogP contribution in [0.5, 0.6) is 0 Å². The van der Waals surface area contributed by atoms with Gasteiger partial charge < -0.3 is 9.57 Å². The quantitative estimate of drug-likeness (QED) is 0.427. The van der Waals surface area contributed by atoms with E-state index in [1.807, 2.05) is 6.92 Å². The molecule has 0 radical (unpaired) electrons. The standard InChI is InChI=1S/C5H11NO3/c1-2-3-8-4-5(7)9-6/h2-4,6H2,1H3. The van der Waals surface area contributed by atoms with Crippen LogP contribution in [-0.4, -0.2) is 19.2 Å². The Hall–Kier alpha value is -0.610. The SMILES string of the molecule is CCCOCC(=O)ON. The lowest BCUT2D eigenvalue weighted by Gasteiger charge is -1.97. The molecule has 54 valence electrons. The average Bonchev–Trinajstić information content (AvgIpc) is 1.89. The molecule has 0 fully saturated rings. The number of nitrogens with two attached hydrogens (primary N) is 1. The van der Waals surface area contributed by atoms with Gasteiger partial charge in [-0.15, -0.1) is 0 Å². The first-order valence-electron chi connectivity index (χ1n) is 2.78. The molecule has 0 unspecified atom stereocenters. The lowest BCUT2D eigenvalue weighted by atomic mass is 10.5. The van der Waals surface area contributed by atoms with Crippen molar-refractivity contribution < 1.29 is 14.4 Å². The summed E-state index contributed by atoms with van der Waals surface area (Å²) in [6.45, 7) is 2.47. The van der Waals surface area contributed by atoms with Gasteiger partial charge in [-0.05, 0) is 6.42 Å². The summed E-state index contributed by atoms with van der Waals surface area (Å²) in [4.78, 5) is 14.0. The Kier molecular flexibility index (Phi) is 5.15. The van der Waals surface area contributed by atoms with Crippen molar-refractivity contribution >= 4 is 5.97 Å². The Labute approximate surface area is 53.9 Å². The number of rotatable bonds is 4. The van der Waals surface area contributed by atoms with Crippen molar-refractivity contribution in [2.24, 2.45) is 5.90 Å². The van der Waals surface area contributed by atoms with Crippen molar-refractivity contribution in [1.29, 1.82) is 0 Å². The monoisotopic (exact) mass is 133 g/mol. The summed E-state index contributed by atoms with van der Waals surface area (Å²) in [5, 5.41) is 0. The van der Waals surface area contributed by atoms with Gasteiger partial charge in [-0.1, -0.05) is 6.92 Å². The van der Waals surface area contributed by atoms with Gasteiger partial charge in [0.1, 0.15) is 6.61 Å². The highest BCUT2D eigenvalue weighted by Crippen LogP contribution is 1.80. The summed E-state index contributed by atoms with van der Waals surface area (Å²) < 4.78 is 4.78. The number of hydrogen-bond donors (Lipinski definition) is 1. The molecule has 0 rings (SSSR count). The van der Waals surface area contributed by atoms with E-state index < -0.39 is 5.97 Å². The zero-order chi connectivity index (χ0) is 7.11. The molecule has 0 aliphatic carbocycles. The van der Waals surface area contributed by atoms with Crippen LogP contribution in [0.15, 0.2) is 0 Å². The van der Waals surface area contributed by atoms with Crippen LogP contribution in [0.2, 0.25) is 0 Å². The molecular weight excluding hydrogens is 122 g/mol. The molecule has 0 aliphatic rings. The minimum Gasteiger partial charge on any atom is -0.372 e. The summed E-state index contributed by atoms with van der Waals surface area (Å²) >= 11 is 0. The Morgan fingerprint density at radius 2 is 2.33 bits per heavy atom. The average molecular weight is 133 g/mol. The van der Waals surface area contributed by atoms with Crippen LogP contribution in [-0.2, 0) is 14.4 Å². The van der Waals surface area contributed by atoms with Crippen molar-refractivity contribution in [3.63, 3.8) is 0 Å². The molecule has 4 heteroatoms. The Morgan fingerprint density at radius 1 is 1.67 bits per heavy atom. The Balaban J connectivity index is 2.97. The van der Waals surface area contributed by atoms with Crippen LogP contribution in [0.25, 0.3) is 0 Å². The van der Waals surface area contributed by atoms with E-state index in [1.165, 1.54) is 0 Å². The maximum Gasteiger partial charge on any atom is 0.350 e. The molecular formula is C5H11NO3. The predicted octanol–water partition coefficient (Wildman–Crippen LogP) is -0.170. The van der Waals surface area contributed by atoms with Gasteiger partial charge >= 0.3 is 5.97 Å². The van der Waals surface area contributed by atoms with Crippen LogP contribution in [0, 0.1) is 0 Å². The normalized spacial score (nSPS) is 9.11. The van der Waals surface area contributed by atoms with E-state index in [0.29, 0.717) is 6.61 Å². The highest BCUT2D eigenvalue weighted by molar-refractivity contribution is 5.70. The third-order valence-electron chi connectivity index (χ3n) is 0.700. The number of carbonyl (C=O) groups is 1. The maximum atomic E-state index is 10.2. The molecule has 0 aromatic heterocycles. The molecule has 0 spiro atoms. The lowest BCUT2D eigenvalue weighted by Crippen LogP contribution is -2.16. The molecule has 0 saturated carbocycles. The molecule has 2 N–H and O–H groups in total. The zero-order valence-electron chi connectivity index (χ0n) is 5.42. The summed E-state index contributed by atoms with van der Waals surface area (Å²) in [5.74, 6) is 3.99. The summed E-state index contributed by atoms with van der Waals surface area (Å²) in [5.41, 5.74) is 0. The molecule has 0 saturated heterocycles. The van der Waals surface area contributed by atoms with Crippen LogP contribution < -0.4 is 5.90 Å². The van der Waals surface area contributed by atoms with E-state index in [1.54, 1.807) is 0 Å². The second kappa shape index (κ2) is 5.53. The van der Waals surface area contributed by atoms with E-state index >= 15 is 0 Å². The highest BCUT2D eigenvalue weighted by Gasteiger charge is 1.97. The van der Waals surface area contributed by atoms with E-state index in [9.17, 15) is 4.79 Å². The molecule has 9 heavy (non-hydrogen) atoms. The Morgan fingerprint density at radius 3 is 2.78 bits per heavy atom. The second-order valence-corrected chi connectivity index (χ2v) is 1.54. The molecule has 0 bridgehead atoms. The van der Waals surface area contributed by atoms with Crippen LogP contribution in [0.4, 0.5) is 0 Å². The van der Waals surface area contributed by atoms with Crippen molar-refractivity contribution in [3.05, 3.63) is 0 Å². The summed E-state index contributed by atoms with van der Waals surface area (Å²) in [6, 6.07) is 0. The maximum absolute atomic E-state index is 10.2. The first-order valence-corrected chi connectivity index (χ1v) is 2.78. The van der Waals surface area contributed by atoms with Crippen LogP contribution >= 0.6 is 0 Å². The van der Waals surface area contributed by atoms with Gasteiger partial charge in [0.05, 0.1) is 0 Å². The van der Waals surface area contributed by atoms with Crippen LogP contribution in [0.3, 0.4) is 0 Å². The minimum absolute atomic E-state index is 0.0513. The largest absolute Gasteiger partial charge is 0.372 e. The smallest absolute Gasteiger partial charge is 0.350 e. The predicted molar refractivity (Wildman–Crippen MR) is 31.4 cm³/mol. The molecule has 0 heterocycles. The number of carbonyl (C=O) groups excluding carboxylic acids is 1. The molecule has 0 atom stereocenters. The van der Waals surface area contributed by atoms with Gasteiger partial charge in [0.25, 0.3) is 0 Å². The molecule has 0 aromatic rings. The van der Waals surface area contributed by atoms with Gasteiger partial charge in [-0.25, -0.2) is 4.79 Å². The fourth-order valence-corrected chi connectivity index (χ4v) is 0.334. The van der Waals surface area contributed by atoms with E-state index in [4.69, 9.17) is 4.74 Å². The molecule has 0 amide bonds. The highest BCUT2D eigenvalue weighted by atomic mass is 16.7. The zero-order valence-corrected chi connectivity index (χ0v) is 5.42. The number of hydrogen-bond acceptors (Lipinski definition) is 4. The molecule has 0 aliphatic heterocycles. The fourth-order valence-electron chi connectivity index (χ4n) is 0.334. The first kappa shape index (κ1) is 8.39. The van der Waals surface area contributed by atoms with Gasteiger partial charge in [0, 0.05) is 6.61 Å². The van der Waals surface area contributed by atoms with Gasteiger partial charge in [0.15, 0.2) is 0 Å². The summed E-state index contributed by atoms with van der Waals surface area (Å²) in [7, 11) is 0. The van der Waals surface area contributed by atoms with Gasteiger partial charge in [-0.3, -0.25) is 0 Å². The first-order chi connectivity index (χ1) is 4.31.